The summed E-state index contributed by atoms with van der Waals surface area (Å²) < 4.78 is 6.57. The molecule has 0 unspecified atom stereocenters. The second-order valence-corrected chi connectivity index (χ2v) is 6.69. The summed E-state index contributed by atoms with van der Waals surface area (Å²) in [5.41, 5.74) is 1.39. The van der Waals surface area contributed by atoms with Gasteiger partial charge in [0, 0.05) is 11.6 Å². The van der Waals surface area contributed by atoms with E-state index in [1.807, 2.05) is 0 Å². The first kappa shape index (κ1) is 19.0. The van der Waals surface area contributed by atoms with Crippen molar-refractivity contribution in [2.45, 2.75) is 20.0 Å². The molecule has 2 heterocycles. The van der Waals surface area contributed by atoms with Crippen LogP contribution >= 0.6 is 27.5 Å². The zero-order valence-electron chi connectivity index (χ0n) is 13.8. The molecule has 10 nitrogen and oxygen atoms in total. The zero-order chi connectivity index (χ0) is 19.6. The minimum absolute atomic E-state index is 0.0201. The molecule has 12 heteroatoms. The predicted octanol–water partition coefficient (Wildman–Crippen LogP) is 2.88. The minimum Gasteiger partial charge on any atom is -0.358 e. The van der Waals surface area contributed by atoms with Gasteiger partial charge in [-0.2, -0.15) is 9.67 Å². The highest BCUT2D eigenvalue weighted by Gasteiger charge is 2.25. The van der Waals surface area contributed by atoms with Crippen LogP contribution in [0.3, 0.4) is 0 Å². The summed E-state index contributed by atoms with van der Waals surface area (Å²) in [6.07, 6.45) is 0. The lowest BCUT2D eigenvalue weighted by Gasteiger charge is -2.02. The summed E-state index contributed by atoms with van der Waals surface area (Å²) >= 11 is 8.94. The van der Waals surface area contributed by atoms with E-state index in [0.29, 0.717) is 10.7 Å². The van der Waals surface area contributed by atoms with Crippen molar-refractivity contribution >= 4 is 39.3 Å². The Kier molecular flexibility index (Phi) is 5.51. The average Bonchev–Trinajstić information content (AvgIpc) is 3.21. The quantitative estimate of drug-likeness (QED) is 0.447. The molecule has 0 fully saturated rings. The summed E-state index contributed by atoms with van der Waals surface area (Å²) in [5.74, 6) is -0.887. The van der Waals surface area contributed by atoms with Crippen molar-refractivity contribution in [3.63, 3.8) is 0 Å². The van der Waals surface area contributed by atoms with Gasteiger partial charge in [0.05, 0.1) is 10.8 Å². The van der Waals surface area contributed by atoms with Crippen molar-refractivity contribution in [2.24, 2.45) is 0 Å². The van der Waals surface area contributed by atoms with Gasteiger partial charge in [-0.3, -0.25) is 4.79 Å². The van der Waals surface area contributed by atoms with Gasteiger partial charge in [-0.05, 0) is 45.5 Å². The number of nitrogens with one attached hydrogen (secondary N) is 1. The number of hydrogen-bond donors (Lipinski definition) is 1. The number of aromatic nitrogens is 4. The summed E-state index contributed by atoms with van der Waals surface area (Å²) in [7, 11) is 0. The number of amides is 1. The highest BCUT2D eigenvalue weighted by Crippen LogP contribution is 2.27. The van der Waals surface area contributed by atoms with Crippen LogP contribution in [0.4, 0.5) is 5.82 Å². The molecule has 140 valence electrons. The third-order valence-electron chi connectivity index (χ3n) is 3.61. The summed E-state index contributed by atoms with van der Waals surface area (Å²) in [4.78, 5) is 26.4. The second-order valence-electron chi connectivity index (χ2n) is 5.46. The number of halogens is 2. The predicted molar refractivity (Wildman–Crippen MR) is 97.3 cm³/mol. The number of nitrogens with zero attached hydrogens (tertiary/aromatic N) is 5. The van der Waals surface area contributed by atoms with E-state index in [1.54, 1.807) is 31.2 Å². The van der Waals surface area contributed by atoms with Crippen LogP contribution in [0.15, 0.2) is 33.3 Å². The first-order chi connectivity index (χ1) is 12.8. The number of carbonyl (C=O) groups excluding carboxylic acids is 1. The van der Waals surface area contributed by atoms with Crippen LogP contribution in [0.1, 0.15) is 27.8 Å². The lowest BCUT2D eigenvalue weighted by atomic mass is 10.2. The SMILES string of the molecule is Cc1c(Br)c([N+](=O)[O-])nn1Cc1noc(C(=O)NCc2ccc(Cl)cc2)n1. The van der Waals surface area contributed by atoms with Crippen LogP contribution in [0.2, 0.25) is 5.02 Å². The molecule has 0 bridgehead atoms. The fraction of sp³-hybridized carbons (Fsp3) is 0.200. The Hall–Kier alpha value is -2.79. The van der Waals surface area contributed by atoms with Crippen molar-refractivity contribution in [3.05, 3.63) is 66.8 Å². The van der Waals surface area contributed by atoms with Crippen molar-refractivity contribution in [3.8, 4) is 0 Å². The maximum atomic E-state index is 12.1. The molecule has 27 heavy (non-hydrogen) atoms. The van der Waals surface area contributed by atoms with Crippen LogP contribution in [0.25, 0.3) is 0 Å². The number of rotatable bonds is 6. The van der Waals surface area contributed by atoms with E-state index in [1.165, 1.54) is 4.68 Å². The molecule has 1 aromatic carbocycles. The fourth-order valence-corrected chi connectivity index (χ4v) is 2.74. The summed E-state index contributed by atoms with van der Waals surface area (Å²) in [5, 5.41) is 21.8. The fourth-order valence-electron chi connectivity index (χ4n) is 2.18. The van der Waals surface area contributed by atoms with Gasteiger partial charge in [-0.15, -0.1) is 0 Å². The minimum atomic E-state index is -0.598. The Morgan fingerprint density at radius 3 is 2.74 bits per heavy atom. The monoisotopic (exact) mass is 454 g/mol. The molecule has 0 aliphatic carbocycles. The second kappa shape index (κ2) is 7.84. The van der Waals surface area contributed by atoms with Gasteiger partial charge in [0.25, 0.3) is 0 Å². The van der Waals surface area contributed by atoms with E-state index >= 15 is 0 Å². The molecule has 0 saturated carbocycles. The van der Waals surface area contributed by atoms with Crippen LogP contribution in [0, 0.1) is 17.0 Å². The molecule has 2 aromatic heterocycles. The van der Waals surface area contributed by atoms with Gasteiger partial charge >= 0.3 is 17.6 Å². The molecule has 1 N–H and O–H groups in total. The Bertz CT molecular complexity index is 1000. The Labute approximate surface area is 165 Å². The van der Waals surface area contributed by atoms with Gasteiger partial charge in [0.15, 0.2) is 5.82 Å². The average molecular weight is 456 g/mol. The van der Waals surface area contributed by atoms with Crippen molar-refractivity contribution < 1.29 is 14.2 Å². The van der Waals surface area contributed by atoms with Gasteiger partial charge in [0.2, 0.25) is 0 Å². The van der Waals surface area contributed by atoms with Gasteiger partial charge in [0.1, 0.15) is 11.0 Å². The van der Waals surface area contributed by atoms with E-state index < -0.39 is 10.8 Å². The van der Waals surface area contributed by atoms with Gasteiger partial charge < -0.3 is 20.0 Å². The maximum absolute atomic E-state index is 12.1. The normalized spacial score (nSPS) is 10.8. The van der Waals surface area contributed by atoms with Crippen molar-refractivity contribution in [2.75, 3.05) is 0 Å². The smallest absolute Gasteiger partial charge is 0.358 e. The molecular formula is C15H12BrClN6O4. The number of carbonyl (C=O) groups is 1. The Morgan fingerprint density at radius 2 is 2.11 bits per heavy atom. The third-order valence-corrected chi connectivity index (χ3v) is 4.79. The van der Waals surface area contributed by atoms with E-state index in [0.717, 1.165) is 5.56 Å². The molecule has 3 aromatic rings. The van der Waals surface area contributed by atoms with Crippen molar-refractivity contribution in [1.82, 2.24) is 25.2 Å². The summed E-state index contributed by atoms with van der Waals surface area (Å²) in [6, 6.07) is 7.01. The maximum Gasteiger partial charge on any atom is 0.404 e. The van der Waals surface area contributed by atoms with E-state index in [4.69, 9.17) is 16.1 Å². The van der Waals surface area contributed by atoms with Crippen molar-refractivity contribution in [1.29, 1.82) is 0 Å². The van der Waals surface area contributed by atoms with E-state index in [-0.39, 0.29) is 35.1 Å². The highest BCUT2D eigenvalue weighted by atomic mass is 79.9. The van der Waals surface area contributed by atoms with Crippen LogP contribution in [0.5, 0.6) is 0 Å². The molecule has 0 atom stereocenters. The van der Waals surface area contributed by atoms with E-state index in [9.17, 15) is 14.9 Å². The largest absolute Gasteiger partial charge is 0.404 e. The third kappa shape index (κ3) is 4.31. The number of nitro groups is 1. The summed E-state index contributed by atoms with van der Waals surface area (Å²) in [6.45, 7) is 1.95. The van der Waals surface area contributed by atoms with Crippen LogP contribution < -0.4 is 5.32 Å². The molecule has 0 radical (unpaired) electrons. The van der Waals surface area contributed by atoms with Gasteiger partial charge in [-0.25, -0.2) is 0 Å². The molecule has 0 saturated heterocycles. The molecule has 3 rings (SSSR count). The van der Waals surface area contributed by atoms with Gasteiger partial charge in [-0.1, -0.05) is 28.9 Å². The highest BCUT2D eigenvalue weighted by molar-refractivity contribution is 9.10. The molecular weight excluding hydrogens is 444 g/mol. The molecule has 0 aliphatic rings. The topological polar surface area (TPSA) is 129 Å². The molecule has 0 spiro atoms. The Morgan fingerprint density at radius 1 is 1.41 bits per heavy atom. The Balaban J connectivity index is 1.66. The standard InChI is InChI=1S/C15H12BrClN6O4/c1-8-12(16)13(23(25)26)20-22(8)7-11-19-15(27-21-11)14(24)18-6-9-2-4-10(17)5-3-9/h2-5H,6-7H2,1H3,(H,18,24). The lowest BCUT2D eigenvalue weighted by molar-refractivity contribution is -0.390. The molecule has 0 aliphatic heterocycles. The number of hydrogen-bond acceptors (Lipinski definition) is 7. The van der Waals surface area contributed by atoms with Crippen LogP contribution in [-0.2, 0) is 13.1 Å². The lowest BCUT2D eigenvalue weighted by Crippen LogP contribution is -2.23. The van der Waals surface area contributed by atoms with Crippen LogP contribution in [-0.4, -0.2) is 30.8 Å². The first-order valence-corrected chi connectivity index (χ1v) is 8.74. The number of benzene rings is 1. The van der Waals surface area contributed by atoms with E-state index in [2.05, 4.69) is 36.5 Å². The zero-order valence-corrected chi connectivity index (χ0v) is 16.2. The molecule has 1 amide bonds. The first-order valence-electron chi connectivity index (χ1n) is 7.57.